The van der Waals surface area contributed by atoms with Gasteiger partial charge in [-0.2, -0.15) is 0 Å². The van der Waals surface area contributed by atoms with E-state index in [1.807, 2.05) is 30.3 Å². The SMILES string of the molecule is O=C(NC1(C2(C(=O)O)CCC2)CCC1)OCc1ccccc1. The Labute approximate surface area is 129 Å². The fourth-order valence-electron chi connectivity index (χ4n) is 3.64. The third-order valence-electron chi connectivity index (χ3n) is 5.29. The molecule has 2 N–H and O–H groups in total. The van der Waals surface area contributed by atoms with Gasteiger partial charge in [0.2, 0.25) is 0 Å². The van der Waals surface area contributed by atoms with Crippen molar-refractivity contribution in [3.05, 3.63) is 35.9 Å². The fraction of sp³-hybridized carbons (Fsp3) is 0.529. The van der Waals surface area contributed by atoms with Crippen LogP contribution < -0.4 is 5.32 Å². The number of hydrogen-bond acceptors (Lipinski definition) is 3. The summed E-state index contributed by atoms with van der Waals surface area (Å²) in [6, 6.07) is 9.45. The van der Waals surface area contributed by atoms with E-state index in [0.717, 1.165) is 31.2 Å². The number of ether oxygens (including phenoxy) is 1. The molecule has 0 radical (unpaired) electrons. The molecule has 0 aliphatic heterocycles. The minimum absolute atomic E-state index is 0.197. The van der Waals surface area contributed by atoms with Gasteiger partial charge in [-0.25, -0.2) is 4.79 Å². The number of nitrogens with one attached hydrogen (secondary N) is 1. The normalized spacial score (nSPS) is 21.1. The van der Waals surface area contributed by atoms with Gasteiger partial charge in [0.15, 0.2) is 0 Å². The molecule has 3 rings (SSSR count). The van der Waals surface area contributed by atoms with E-state index in [4.69, 9.17) is 4.74 Å². The molecule has 0 bridgehead atoms. The van der Waals surface area contributed by atoms with E-state index in [1.54, 1.807) is 0 Å². The van der Waals surface area contributed by atoms with E-state index in [2.05, 4.69) is 5.32 Å². The first-order valence-corrected chi connectivity index (χ1v) is 7.80. The van der Waals surface area contributed by atoms with Gasteiger partial charge in [0, 0.05) is 0 Å². The second-order valence-electron chi connectivity index (χ2n) is 6.36. The van der Waals surface area contributed by atoms with E-state index in [1.165, 1.54) is 0 Å². The molecule has 1 aromatic rings. The molecule has 118 valence electrons. The number of carbonyl (C=O) groups is 2. The highest BCUT2D eigenvalue weighted by molar-refractivity contribution is 5.80. The first-order valence-electron chi connectivity index (χ1n) is 7.80. The van der Waals surface area contributed by atoms with E-state index in [-0.39, 0.29) is 6.61 Å². The molecule has 2 saturated carbocycles. The van der Waals surface area contributed by atoms with Gasteiger partial charge in [-0.3, -0.25) is 4.79 Å². The maximum absolute atomic E-state index is 12.1. The molecular formula is C17H21NO4. The van der Waals surface area contributed by atoms with Crippen LogP contribution in [0.25, 0.3) is 0 Å². The van der Waals surface area contributed by atoms with E-state index in [9.17, 15) is 14.7 Å². The van der Waals surface area contributed by atoms with E-state index >= 15 is 0 Å². The van der Waals surface area contributed by atoms with Crippen molar-refractivity contribution in [3.8, 4) is 0 Å². The summed E-state index contributed by atoms with van der Waals surface area (Å²) >= 11 is 0. The van der Waals surface area contributed by atoms with E-state index < -0.39 is 23.0 Å². The summed E-state index contributed by atoms with van der Waals surface area (Å²) in [5.74, 6) is -0.790. The van der Waals surface area contributed by atoms with Crippen LogP contribution >= 0.6 is 0 Å². The van der Waals surface area contributed by atoms with Gasteiger partial charge in [-0.05, 0) is 37.7 Å². The van der Waals surface area contributed by atoms with Gasteiger partial charge in [0.05, 0.1) is 11.0 Å². The number of rotatable bonds is 5. The largest absolute Gasteiger partial charge is 0.481 e. The van der Waals surface area contributed by atoms with Crippen LogP contribution in [0.3, 0.4) is 0 Å². The Morgan fingerprint density at radius 1 is 1.09 bits per heavy atom. The Balaban J connectivity index is 1.63. The summed E-state index contributed by atoms with van der Waals surface area (Å²) in [5, 5.41) is 12.5. The lowest BCUT2D eigenvalue weighted by Crippen LogP contribution is -2.69. The third-order valence-corrected chi connectivity index (χ3v) is 5.29. The zero-order valence-corrected chi connectivity index (χ0v) is 12.5. The van der Waals surface area contributed by atoms with Crippen molar-refractivity contribution >= 4 is 12.1 Å². The molecule has 0 aromatic heterocycles. The Kier molecular flexibility index (Phi) is 3.81. The molecular weight excluding hydrogens is 282 g/mol. The van der Waals surface area contributed by atoms with Gasteiger partial charge in [-0.1, -0.05) is 36.8 Å². The lowest BCUT2D eigenvalue weighted by atomic mass is 9.50. The molecule has 2 aliphatic rings. The van der Waals surface area contributed by atoms with Gasteiger partial charge in [0.25, 0.3) is 0 Å². The Bertz CT molecular complexity index is 561. The van der Waals surface area contributed by atoms with Crippen LogP contribution in [0.4, 0.5) is 4.79 Å². The average molecular weight is 303 g/mol. The quantitative estimate of drug-likeness (QED) is 0.876. The molecule has 0 atom stereocenters. The molecule has 0 saturated heterocycles. The standard InChI is InChI=1S/C17H21NO4/c19-14(20)16(8-4-9-16)17(10-5-11-17)18-15(21)22-12-13-6-2-1-3-7-13/h1-3,6-7H,4-5,8-12H2,(H,18,21)(H,19,20). The first kappa shape index (κ1) is 14.9. The summed E-state index contributed by atoms with van der Waals surface area (Å²) in [6.45, 7) is 0.197. The summed E-state index contributed by atoms with van der Waals surface area (Å²) < 4.78 is 5.26. The predicted octanol–water partition coefficient (Wildman–Crippen LogP) is 3.09. The van der Waals surface area contributed by atoms with Gasteiger partial charge in [-0.15, -0.1) is 0 Å². The predicted molar refractivity (Wildman–Crippen MR) is 80.3 cm³/mol. The van der Waals surface area contributed by atoms with Crippen molar-refractivity contribution < 1.29 is 19.4 Å². The molecule has 1 aromatic carbocycles. The van der Waals surface area contributed by atoms with Crippen LogP contribution in [0.5, 0.6) is 0 Å². The number of amides is 1. The highest BCUT2D eigenvalue weighted by atomic mass is 16.5. The zero-order chi connectivity index (χ0) is 15.6. The minimum Gasteiger partial charge on any atom is -0.481 e. The zero-order valence-electron chi connectivity index (χ0n) is 12.5. The molecule has 0 heterocycles. The first-order chi connectivity index (χ1) is 10.6. The van der Waals surface area contributed by atoms with Crippen molar-refractivity contribution in [2.75, 3.05) is 0 Å². The monoisotopic (exact) mass is 303 g/mol. The number of carbonyl (C=O) groups excluding carboxylic acids is 1. The summed E-state index contributed by atoms with van der Waals surface area (Å²) in [6.07, 6.45) is 4.07. The maximum Gasteiger partial charge on any atom is 0.407 e. The maximum atomic E-state index is 12.1. The Hall–Kier alpha value is -2.04. The van der Waals surface area contributed by atoms with Crippen molar-refractivity contribution in [2.24, 2.45) is 5.41 Å². The molecule has 2 aliphatic carbocycles. The van der Waals surface area contributed by atoms with Crippen LogP contribution in [0.2, 0.25) is 0 Å². The van der Waals surface area contributed by atoms with Crippen molar-refractivity contribution in [1.29, 1.82) is 0 Å². The number of carboxylic acids is 1. The second kappa shape index (κ2) is 5.63. The van der Waals surface area contributed by atoms with Crippen molar-refractivity contribution in [2.45, 2.75) is 50.7 Å². The van der Waals surface area contributed by atoms with Crippen LogP contribution in [-0.4, -0.2) is 22.7 Å². The molecule has 1 amide bonds. The molecule has 2 fully saturated rings. The number of aliphatic carboxylic acids is 1. The number of hydrogen-bond donors (Lipinski definition) is 2. The molecule has 5 heteroatoms. The molecule has 22 heavy (non-hydrogen) atoms. The van der Waals surface area contributed by atoms with Crippen LogP contribution in [-0.2, 0) is 16.1 Å². The van der Waals surface area contributed by atoms with Crippen LogP contribution in [0, 0.1) is 5.41 Å². The van der Waals surface area contributed by atoms with Gasteiger partial charge in [0.1, 0.15) is 6.61 Å². The van der Waals surface area contributed by atoms with Crippen LogP contribution in [0.1, 0.15) is 44.1 Å². The number of carboxylic acid groups (broad SMARTS) is 1. The average Bonchev–Trinajstić information content (AvgIpc) is 2.41. The third kappa shape index (κ3) is 2.34. The molecule has 0 unspecified atom stereocenters. The van der Waals surface area contributed by atoms with Gasteiger partial charge >= 0.3 is 12.1 Å². The topological polar surface area (TPSA) is 75.6 Å². The summed E-state index contributed by atoms with van der Waals surface area (Å²) in [4.78, 5) is 23.8. The lowest BCUT2D eigenvalue weighted by molar-refractivity contribution is -0.168. The molecule has 5 nitrogen and oxygen atoms in total. The van der Waals surface area contributed by atoms with Crippen molar-refractivity contribution in [3.63, 3.8) is 0 Å². The number of benzene rings is 1. The van der Waals surface area contributed by atoms with Crippen LogP contribution in [0.15, 0.2) is 30.3 Å². The van der Waals surface area contributed by atoms with Crippen molar-refractivity contribution in [1.82, 2.24) is 5.32 Å². The smallest absolute Gasteiger partial charge is 0.407 e. The summed E-state index contributed by atoms with van der Waals surface area (Å²) in [7, 11) is 0. The number of alkyl carbamates (subject to hydrolysis) is 1. The molecule has 0 spiro atoms. The Morgan fingerprint density at radius 3 is 2.18 bits per heavy atom. The summed E-state index contributed by atoms with van der Waals surface area (Å²) in [5.41, 5.74) is -0.501. The highest BCUT2D eigenvalue weighted by Crippen LogP contribution is 2.57. The Morgan fingerprint density at radius 2 is 1.73 bits per heavy atom. The lowest BCUT2D eigenvalue weighted by Gasteiger charge is -2.57. The van der Waals surface area contributed by atoms with E-state index in [0.29, 0.717) is 12.8 Å². The second-order valence-corrected chi connectivity index (χ2v) is 6.36. The minimum atomic E-state index is -0.795. The van der Waals surface area contributed by atoms with Gasteiger partial charge < -0.3 is 15.2 Å². The highest BCUT2D eigenvalue weighted by Gasteiger charge is 2.63. The fourth-order valence-corrected chi connectivity index (χ4v) is 3.64.